The van der Waals surface area contributed by atoms with Crippen LogP contribution in [0.3, 0.4) is 0 Å². The standard InChI is InChI=1S/C25H25N5OS2/c1-16(2)21-20-12-8-11-19(17-13-27-30(14-17)18-9-6-5-7-10-18)22(20)32-23(21)25(3)15-33(31)29(4)24(26)28-25/h5-14H,1,15H2,2-4H3,(H2,26,28). The molecule has 2 unspecified atom stereocenters. The third kappa shape index (κ3) is 3.59. The van der Waals surface area contributed by atoms with Gasteiger partial charge >= 0.3 is 0 Å². The van der Waals surface area contributed by atoms with E-state index in [0.717, 1.165) is 42.9 Å². The van der Waals surface area contributed by atoms with Gasteiger partial charge in [-0.05, 0) is 31.6 Å². The highest BCUT2D eigenvalue weighted by Crippen LogP contribution is 2.47. The zero-order valence-corrected chi connectivity index (χ0v) is 20.4. The van der Waals surface area contributed by atoms with Crippen LogP contribution in [0.5, 0.6) is 0 Å². The number of nitrogens with two attached hydrogens (primary N) is 1. The highest BCUT2D eigenvalue weighted by atomic mass is 32.2. The first-order chi connectivity index (χ1) is 15.8. The van der Waals surface area contributed by atoms with Crippen LogP contribution in [0.4, 0.5) is 0 Å². The molecule has 0 fully saturated rings. The molecule has 5 rings (SSSR count). The van der Waals surface area contributed by atoms with E-state index in [1.54, 1.807) is 18.4 Å². The van der Waals surface area contributed by atoms with Crippen LogP contribution in [0.1, 0.15) is 24.3 Å². The molecular weight excluding hydrogens is 450 g/mol. The maximum Gasteiger partial charge on any atom is 0.204 e. The Labute approximate surface area is 199 Å². The van der Waals surface area contributed by atoms with E-state index in [-0.39, 0.29) is 5.96 Å². The highest BCUT2D eigenvalue weighted by molar-refractivity contribution is 7.83. The van der Waals surface area contributed by atoms with Crippen LogP contribution in [-0.2, 0) is 16.5 Å². The Balaban J connectivity index is 1.70. The molecule has 0 saturated carbocycles. The van der Waals surface area contributed by atoms with E-state index in [9.17, 15) is 4.21 Å². The van der Waals surface area contributed by atoms with Gasteiger partial charge < -0.3 is 5.73 Å². The SMILES string of the molecule is C=C(C)c1c(C2(C)CS(=O)N(C)C(N)=N2)sc2c(-c3cnn(-c4ccccc4)c3)cccc12. The molecule has 0 bridgehead atoms. The Kier molecular flexibility index (Phi) is 5.22. The molecule has 168 valence electrons. The van der Waals surface area contributed by atoms with Crippen LogP contribution in [0.15, 0.2) is 72.5 Å². The molecule has 0 radical (unpaired) electrons. The third-order valence-electron chi connectivity index (χ3n) is 5.94. The van der Waals surface area contributed by atoms with E-state index in [0.29, 0.717) is 5.75 Å². The average molecular weight is 476 g/mol. The Bertz CT molecular complexity index is 1440. The number of aromatic nitrogens is 2. The predicted molar refractivity (Wildman–Crippen MR) is 139 cm³/mol. The van der Waals surface area contributed by atoms with E-state index >= 15 is 0 Å². The van der Waals surface area contributed by atoms with Crippen LogP contribution >= 0.6 is 11.3 Å². The number of nitrogens with zero attached hydrogens (tertiary/aromatic N) is 4. The summed E-state index contributed by atoms with van der Waals surface area (Å²) in [5.74, 6) is 0.662. The Hall–Kier alpha value is -3.23. The number of para-hydroxylation sites is 1. The summed E-state index contributed by atoms with van der Waals surface area (Å²) >= 11 is 1.68. The minimum absolute atomic E-state index is 0.288. The van der Waals surface area contributed by atoms with Crippen molar-refractivity contribution in [3.05, 3.63) is 77.9 Å². The first-order valence-corrected chi connectivity index (χ1v) is 12.7. The van der Waals surface area contributed by atoms with Crippen molar-refractivity contribution in [3.8, 4) is 16.8 Å². The van der Waals surface area contributed by atoms with Gasteiger partial charge in [0.25, 0.3) is 0 Å². The lowest BCUT2D eigenvalue weighted by Gasteiger charge is -2.33. The van der Waals surface area contributed by atoms with Gasteiger partial charge in [0.2, 0.25) is 5.96 Å². The Morgan fingerprint density at radius 2 is 1.97 bits per heavy atom. The lowest BCUT2D eigenvalue weighted by molar-refractivity contribution is 0.523. The van der Waals surface area contributed by atoms with Crippen LogP contribution in [0.25, 0.3) is 32.5 Å². The molecule has 2 N–H and O–H groups in total. The third-order valence-corrected chi connectivity index (χ3v) is 9.04. The molecule has 33 heavy (non-hydrogen) atoms. The van der Waals surface area contributed by atoms with Crippen molar-refractivity contribution in [2.75, 3.05) is 12.8 Å². The number of allylic oxidation sites excluding steroid dienone is 1. The van der Waals surface area contributed by atoms with Crippen LogP contribution in [0, 0.1) is 0 Å². The van der Waals surface area contributed by atoms with Crippen molar-refractivity contribution >= 4 is 43.9 Å². The second-order valence-corrected chi connectivity index (χ2v) is 11.0. The second kappa shape index (κ2) is 7.97. The molecule has 1 aliphatic rings. The predicted octanol–water partition coefficient (Wildman–Crippen LogP) is 4.93. The summed E-state index contributed by atoms with van der Waals surface area (Å²) in [7, 11) is 0.464. The quantitative estimate of drug-likeness (QED) is 0.455. The number of aliphatic imine (C=N–C) groups is 1. The molecule has 8 heteroatoms. The minimum Gasteiger partial charge on any atom is -0.369 e. The van der Waals surface area contributed by atoms with E-state index in [2.05, 4.69) is 29.9 Å². The van der Waals surface area contributed by atoms with Crippen LogP contribution in [0.2, 0.25) is 0 Å². The van der Waals surface area contributed by atoms with Gasteiger partial charge in [0.15, 0.2) is 0 Å². The fourth-order valence-corrected chi connectivity index (χ4v) is 6.97. The van der Waals surface area contributed by atoms with Gasteiger partial charge in [0.05, 0.1) is 17.6 Å². The normalized spacial score (nSPS) is 20.8. The lowest BCUT2D eigenvalue weighted by atomic mass is 9.93. The van der Waals surface area contributed by atoms with E-state index in [1.165, 1.54) is 4.31 Å². The molecule has 0 aliphatic carbocycles. The largest absolute Gasteiger partial charge is 0.369 e. The van der Waals surface area contributed by atoms with Gasteiger partial charge in [-0.3, -0.25) is 4.31 Å². The van der Waals surface area contributed by atoms with Gasteiger partial charge in [-0.2, -0.15) is 5.10 Å². The van der Waals surface area contributed by atoms with Crippen molar-refractivity contribution in [2.45, 2.75) is 19.4 Å². The first-order valence-electron chi connectivity index (χ1n) is 10.6. The minimum atomic E-state index is -1.25. The molecular formula is C25H25N5OS2. The van der Waals surface area contributed by atoms with Crippen molar-refractivity contribution in [3.63, 3.8) is 0 Å². The molecule has 1 aliphatic heterocycles. The summed E-state index contributed by atoms with van der Waals surface area (Å²) < 4.78 is 17.3. The van der Waals surface area contributed by atoms with Crippen molar-refractivity contribution in [1.29, 1.82) is 0 Å². The highest BCUT2D eigenvalue weighted by Gasteiger charge is 2.39. The number of hydrogen-bond donors (Lipinski definition) is 1. The van der Waals surface area contributed by atoms with E-state index in [4.69, 9.17) is 10.7 Å². The number of guanidine groups is 1. The zero-order valence-electron chi connectivity index (χ0n) is 18.8. The molecule has 2 atom stereocenters. The summed E-state index contributed by atoms with van der Waals surface area (Å²) in [4.78, 5) is 5.82. The average Bonchev–Trinajstić information content (AvgIpc) is 3.43. The van der Waals surface area contributed by atoms with Gasteiger partial charge in [0.1, 0.15) is 16.5 Å². The van der Waals surface area contributed by atoms with Crippen molar-refractivity contribution < 1.29 is 4.21 Å². The van der Waals surface area contributed by atoms with Gasteiger partial charge in [0, 0.05) is 44.9 Å². The smallest absolute Gasteiger partial charge is 0.204 e. The summed E-state index contributed by atoms with van der Waals surface area (Å²) in [6.45, 7) is 8.27. The first kappa shape index (κ1) is 21.6. The molecule has 0 spiro atoms. The van der Waals surface area contributed by atoms with Gasteiger partial charge in [-0.1, -0.05) is 43.0 Å². The van der Waals surface area contributed by atoms with Crippen molar-refractivity contribution in [1.82, 2.24) is 14.1 Å². The van der Waals surface area contributed by atoms with Crippen LogP contribution in [-0.4, -0.2) is 37.1 Å². The number of benzene rings is 2. The number of thiophene rings is 1. The molecule has 6 nitrogen and oxygen atoms in total. The summed E-state index contributed by atoms with van der Waals surface area (Å²) in [6, 6.07) is 16.4. The summed E-state index contributed by atoms with van der Waals surface area (Å²) in [5, 5.41) is 5.70. The molecule has 0 amide bonds. The summed E-state index contributed by atoms with van der Waals surface area (Å²) in [5.41, 5.74) is 10.6. The fourth-order valence-electron chi connectivity index (χ4n) is 4.25. The lowest BCUT2D eigenvalue weighted by Crippen LogP contribution is -2.47. The maximum atomic E-state index is 12.8. The molecule has 4 aromatic rings. The summed E-state index contributed by atoms with van der Waals surface area (Å²) in [6.07, 6.45) is 3.94. The van der Waals surface area contributed by atoms with E-state index in [1.807, 2.05) is 61.3 Å². The topological polar surface area (TPSA) is 76.5 Å². The Morgan fingerprint density at radius 1 is 1.21 bits per heavy atom. The molecule has 0 saturated heterocycles. The number of hydrogen-bond acceptors (Lipinski definition) is 5. The molecule has 3 heterocycles. The van der Waals surface area contributed by atoms with Crippen LogP contribution < -0.4 is 5.73 Å². The second-order valence-electron chi connectivity index (χ2n) is 8.49. The molecule has 2 aromatic heterocycles. The number of fused-ring (bicyclic) bond motifs is 1. The Morgan fingerprint density at radius 3 is 2.67 bits per heavy atom. The molecule has 2 aromatic carbocycles. The zero-order chi connectivity index (χ0) is 23.3. The van der Waals surface area contributed by atoms with Crippen molar-refractivity contribution in [2.24, 2.45) is 10.7 Å². The number of rotatable bonds is 4. The fraction of sp³-hybridized carbons (Fsp3) is 0.200. The maximum absolute atomic E-state index is 12.8. The van der Waals surface area contributed by atoms with Gasteiger partial charge in [-0.15, -0.1) is 11.3 Å². The van der Waals surface area contributed by atoms with E-state index < -0.39 is 16.5 Å². The monoisotopic (exact) mass is 475 g/mol. The van der Waals surface area contributed by atoms with Gasteiger partial charge in [-0.25, -0.2) is 13.9 Å².